The number of rotatable bonds is 3. The fourth-order valence-corrected chi connectivity index (χ4v) is 11.9. The predicted octanol–water partition coefficient (Wildman–Crippen LogP) is 7.40. The van der Waals surface area contributed by atoms with Gasteiger partial charge in [0.2, 0.25) is 0 Å². The molecule has 0 spiro atoms. The van der Waals surface area contributed by atoms with Crippen LogP contribution < -0.4 is 0 Å². The van der Waals surface area contributed by atoms with E-state index in [0.29, 0.717) is 5.92 Å². The predicted molar refractivity (Wildman–Crippen MR) is 113 cm³/mol. The van der Waals surface area contributed by atoms with Gasteiger partial charge in [-0.3, -0.25) is 0 Å². The van der Waals surface area contributed by atoms with E-state index in [1.807, 2.05) is 0 Å². The van der Waals surface area contributed by atoms with Crippen molar-refractivity contribution in [2.24, 2.45) is 5.41 Å². The number of allylic oxidation sites excluding steroid dienone is 5. The molecule has 4 rings (SSSR count). The Balaban J connectivity index is 1.89. The molecule has 0 heterocycles. The average Bonchev–Trinajstić information content (AvgIpc) is 3.03. The summed E-state index contributed by atoms with van der Waals surface area (Å²) in [6.07, 6.45) is 0. The number of benzene rings is 2. The van der Waals surface area contributed by atoms with Crippen LogP contribution in [0.1, 0.15) is 64.2 Å². The van der Waals surface area contributed by atoms with Gasteiger partial charge >= 0.3 is 176 Å². The molecule has 0 amide bonds. The Morgan fingerprint density at radius 2 is 1.44 bits per heavy atom. The molecule has 27 heavy (non-hydrogen) atoms. The molecule has 1 atom stereocenters. The van der Waals surface area contributed by atoms with Crippen molar-refractivity contribution in [2.75, 3.05) is 0 Å². The van der Waals surface area contributed by atoms with Gasteiger partial charge in [-0.15, -0.1) is 0 Å². The molecule has 2 aliphatic carbocycles. The van der Waals surface area contributed by atoms with Gasteiger partial charge < -0.3 is 0 Å². The van der Waals surface area contributed by atoms with Gasteiger partial charge in [-0.2, -0.15) is 0 Å². The monoisotopic (exact) mass is 520 g/mol. The Bertz CT molecular complexity index is 1000. The van der Waals surface area contributed by atoms with Crippen LogP contribution in [0.15, 0.2) is 74.6 Å². The fraction of sp³-hybridized carbons (Fsp3) is 0.308. The van der Waals surface area contributed by atoms with Gasteiger partial charge in [0.1, 0.15) is 0 Å². The molecular formula is C26H28Hf. The standard InChI is InChI=1S/C16H13.C10H15.Hf/c1-12-15-10-6-5-9-14(15)11-16(12)13-7-3-2-4-8-13;1-7-6-10(4,5)9(3)8(7)2;/h2-10,12H,1H3;1-5H3;. The topological polar surface area (TPSA) is 0 Å². The van der Waals surface area contributed by atoms with E-state index in [4.69, 9.17) is 0 Å². The second-order valence-corrected chi connectivity index (χ2v) is 13.0. The van der Waals surface area contributed by atoms with Crippen LogP contribution >= 0.6 is 0 Å². The van der Waals surface area contributed by atoms with Crippen molar-refractivity contribution in [1.82, 2.24) is 0 Å². The molecule has 1 unspecified atom stereocenters. The fourth-order valence-electron chi connectivity index (χ4n) is 4.73. The van der Waals surface area contributed by atoms with Crippen LogP contribution in [0.25, 0.3) is 8.90 Å². The van der Waals surface area contributed by atoms with Crippen molar-refractivity contribution in [3.05, 3.63) is 91.3 Å². The SMILES string of the molecule is CC1=C(C)C(C)(C)[C]([Hf][C]2=C(c3ccccc3)C(C)c3ccccc32)=C1C. The molecule has 2 aliphatic rings. The van der Waals surface area contributed by atoms with Gasteiger partial charge in [-0.05, 0) is 0 Å². The molecule has 1 heteroatoms. The van der Waals surface area contributed by atoms with E-state index in [0.717, 1.165) is 0 Å². The maximum absolute atomic E-state index is 2.44. The summed E-state index contributed by atoms with van der Waals surface area (Å²) in [7, 11) is 0. The van der Waals surface area contributed by atoms with Crippen LogP contribution in [0, 0.1) is 5.41 Å². The molecule has 2 aromatic carbocycles. The van der Waals surface area contributed by atoms with Crippen molar-refractivity contribution < 1.29 is 22.9 Å². The van der Waals surface area contributed by atoms with Crippen LogP contribution in [0.3, 0.4) is 0 Å². The zero-order chi connectivity index (χ0) is 19.3. The molecule has 136 valence electrons. The third-order valence-electron chi connectivity index (χ3n) is 6.80. The minimum absolute atomic E-state index is 0.229. The van der Waals surface area contributed by atoms with Crippen LogP contribution in [-0.2, 0) is 22.9 Å². The van der Waals surface area contributed by atoms with Crippen molar-refractivity contribution in [3.8, 4) is 0 Å². The zero-order valence-electron chi connectivity index (χ0n) is 17.3. The molecule has 0 saturated carbocycles. The molecule has 0 bridgehead atoms. The van der Waals surface area contributed by atoms with Gasteiger partial charge in [0.15, 0.2) is 0 Å². The maximum atomic E-state index is 2.44. The minimum atomic E-state index is -1.21. The molecule has 0 fully saturated rings. The Morgan fingerprint density at radius 3 is 2.07 bits per heavy atom. The van der Waals surface area contributed by atoms with Crippen LogP contribution in [0.2, 0.25) is 0 Å². The first-order chi connectivity index (χ1) is 12.8. The summed E-state index contributed by atoms with van der Waals surface area (Å²) in [4.78, 5) is 0. The van der Waals surface area contributed by atoms with Crippen molar-refractivity contribution >= 4 is 8.90 Å². The van der Waals surface area contributed by atoms with Gasteiger partial charge in [0.05, 0.1) is 0 Å². The first-order valence-corrected chi connectivity index (χ1v) is 13.5. The molecule has 0 aromatic heterocycles. The Labute approximate surface area is 175 Å². The summed E-state index contributed by atoms with van der Waals surface area (Å²) in [6.45, 7) is 14.3. The van der Waals surface area contributed by atoms with Gasteiger partial charge in [0.25, 0.3) is 0 Å². The zero-order valence-corrected chi connectivity index (χ0v) is 20.9. The molecule has 0 nitrogen and oxygen atoms in total. The second-order valence-electron chi connectivity index (χ2n) is 8.46. The van der Waals surface area contributed by atoms with E-state index in [2.05, 4.69) is 96.1 Å². The van der Waals surface area contributed by atoms with Gasteiger partial charge in [0, 0.05) is 0 Å². The molecule has 2 aromatic rings. The quantitative estimate of drug-likeness (QED) is 0.371. The molecular weight excluding hydrogens is 491 g/mol. The number of hydrogen-bond acceptors (Lipinski definition) is 0. The normalized spacial score (nSPS) is 21.2. The summed E-state index contributed by atoms with van der Waals surface area (Å²) < 4.78 is 3.50. The summed E-state index contributed by atoms with van der Waals surface area (Å²) in [5, 5.41) is 0. The first kappa shape index (κ1) is 18.9. The number of hydrogen-bond donors (Lipinski definition) is 0. The first-order valence-electron chi connectivity index (χ1n) is 9.89. The van der Waals surface area contributed by atoms with E-state index in [9.17, 15) is 0 Å². The van der Waals surface area contributed by atoms with Crippen LogP contribution in [0.4, 0.5) is 0 Å². The van der Waals surface area contributed by atoms with E-state index < -0.39 is 22.9 Å². The molecule has 0 aliphatic heterocycles. The summed E-state index contributed by atoms with van der Waals surface area (Å²) >= 11 is -1.21. The Hall–Kier alpha value is -1.47. The second kappa shape index (κ2) is 6.85. The van der Waals surface area contributed by atoms with Crippen molar-refractivity contribution in [1.29, 1.82) is 0 Å². The summed E-state index contributed by atoms with van der Waals surface area (Å²) in [5.74, 6) is 0.492. The van der Waals surface area contributed by atoms with E-state index in [-0.39, 0.29) is 5.41 Å². The Kier molecular flexibility index (Phi) is 4.79. The third-order valence-corrected chi connectivity index (χ3v) is 14.1. The summed E-state index contributed by atoms with van der Waals surface area (Å²) in [5.41, 5.74) is 11.0. The van der Waals surface area contributed by atoms with Crippen molar-refractivity contribution in [3.63, 3.8) is 0 Å². The average molecular weight is 519 g/mol. The van der Waals surface area contributed by atoms with Gasteiger partial charge in [-0.25, -0.2) is 0 Å². The number of fused-ring (bicyclic) bond motifs is 1. The van der Waals surface area contributed by atoms with Gasteiger partial charge in [-0.1, -0.05) is 0 Å². The van der Waals surface area contributed by atoms with E-state index >= 15 is 0 Å². The Morgan fingerprint density at radius 1 is 0.815 bits per heavy atom. The molecule has 0 N–H and O–H groups in total. The van der Waals surface area contributed by atoms with Crippen molar-refractivity contribution in [2.45, 2.75) is 47.5 Å². The van der Waals surface area contributed by atoms with E-state index in [1.165, 1.54) is 22.3 Å². The van der Waals surface area contributed by atoms with E-state index in [1.54, 1.807) is 23.4 Å². The third kappa shape index (κ3) is 2.90. The van der Waals surface area contributed by atoms with Crippen LogP contribution in [0.5, 0.6) is 0 Å². The molecule has 0 radical (unpaired) electrons. The summed E-state index contributed by atoms with van der Waals surface area (Å²) in [6, 6.07) is 20.2. The van der Waals surface area contributed by atoms with Crippen LogP contribution in [-0.4, -0.2) is 0 Å². The molecule has 0 saturated heterocycles.